The van der Waals surface area contributed by atoms with Gasteiger partial charge in [0.15, 0.2) is 0 Å². The highest BCUT2D eigenvalue weighted by molar-refractivity contribution is 6.29. The fraction of sp³-hybridized carbons (Fsp3) is 0.214. The van der Waals surface area contributed by atoms with E-state index < -0.39 is 0 Å². The van der Waals surface area contributed by atoms with Gasteiger partial charge in [0.2, 0.25) is 5.82 Å². The molecule has 0 aliphatic rings. The minimum Gasteiger partial charge on any atom is -0.377 e. The largest absolute Gasteiger partial charge is 0.377 e. The van der Waals surface area contributed by atoms with Crippen molar-refractivity contribution in [3.8, 4) is 17.2 Å². The summed E-state index contributed by atoms with van der Waals surface area (Å²) in [6, 6.07) is 11.2. The minimum atomic E-state index is -0.209. The highest BCUT2D eigenvalue weighted by Gasteiger charge is 2.22. The molecule has 1 aromatic carbocycles. The highest BCUT2D eigenvalue weighted by Crippen LogP contribution is 2.35. The number of pyridine rings is 3. The first-order chi connectivity index (χ1) is 18.9. The van der Waals surface area contributed by atoms with Gasteiger partial charge in [-0.25, -0.2) is 14.6 Å². The Morgan fingerprint density at radius 2 is 1.97 bits per heavy atom. The summed E-state index contributed by atoms with van der Waals surface area (Å²) in [6.07, 6.45) is 6.90. The smallest absolute Gasteiger partial charge is 0.260 e. The van der Waals surface area contributed by atoms with E-state index in [0.29, 0.717) is 28.6 Å². The van der Waals surface area contributed by atoms with Crippen LogP contribution in [0.25, 0.3) is 39.0 Å². The molecule has 0 spiro atoms. The van der Waals surface area contributed by atoms with Gasteiger partial charge in [0, 0.05) is 42.0 Å². The summed E-state index contributed by atoms with van der Waals surface area (Å²) in [5.41, 5.74) is 4.70. The normalized spacial score (nSPS) is 12.3. The molecule has 0 saturated heterocycles. The van der Waals surface area contributed by atoms with Crippen molar-refractivity contribution < 1.29 is 0 Å². The fourth-order valence-corrected chi connectivity index (χ4v) is 5.23. The predicted octanol–water partition coefficient (Wildman–Crippen LogP) is 5.08. The third kappa shape index (κ3) is 4.22. The molecular formula is C28H26ClN9O. The molecule has 0 amide bonds. The van der Waals surface area contributed by atoms with Gasteiger partial charge in [-0.15, -0.1) is 5.10 Å². The highest BCUT2D eigenvalue weighted by atomic mass is 35.5. The summed E-state index contributed by atoms with van der Waals surface area (Å²) in [4.78, 5) is 27.0. The molecule has 1 unspecified atom stereocenters. The molecule has 0 bridgehead atoms. The van der Waals surface area contributed by atoms with Gasteiger partial charge < -0.3 is 5.32 Å². The van der Waals surface area contributed by atoms with Crippen LogP contribution in [0, 0.1) is 6.92 Å². The van der Waals surface area contributed by atoms with Crippen LogP contribution in [-0.2, 0) is 13.6 Å². The van der Waals surface area contributed by atoms with E-state index in [0.717, 1.165) is 38.9 Å². The van der Waals surface area contributed by atoms with Crippen molar-refractivity contribution in [2.75, 3.05) is 5.32 Å². The molecule has 196 valence electrons. The number of aromatic nitrogens is 8. The Morgan fingerprint density at radius 1 is 1.13 bits per heavy atom. The van der Waals surface area contributed by atoms with E-state index in [9.17, 15) is 4.79 Å². The third-order valence-corrected chi connectivity index (χ3v) is 6.99. The summed E-state index contributed by atoms with van der Waals surface area (Å²) >= 11 is 6.24. The number of nitrogens with zero attached hydrogens (tertiary/aromatic N) is 8. The predicted molar refractivity (Wildman–Crippen MR) is 152 cm³/mol. The lowest BCUT2D eigenvalue weighted by atomic mass is 9.95. The summed E-state index contributed by atoms with van der Waals surface area (Å²) in [7, 11) is 1.80. The molecule has 6 rings (SSSR count). The number of nitrogens with one attached hydrogen (secondary N) is 1. The van der Waals surface area contributed by atoms with Crippen LogP contribution >= 0.6 is 11.6 Å². The lowest BCUT2D eigenvalue weighted by Crippen LogP contribution is -2.22. The number of hydrogen-bond acceptors (Lipinski definition) is 7. The summed E-state index contributed by atoms with van der Waals surface area (Å²) < 4.78 is 5.17. The van der Waals surface area contributed by atoms with Crippen LogP contribution < -0.4 is 10.9 Å². The second-order valence-electron chi connectivity index (χ2n) is 9.47. The first-order valence-electron chi connectivity index (χ1n) is 12.6. The summed E-state index contributed by atoms with van der Waals surface area (Å²) in [5, 5.41) is 15.4. The van der Waals surface area contributed by atoms with Gasteiger partial charge in [-0.2, -0.15) is 5.10 Å². The molecular weight excluding hydrogens is 514 g/mol. The average Bonchev–Trinajstić information content (AvgIpc) is 3.57. The van der Waals surface area contributed by atoms with E-state index in [1.165, 1.54) is 0 Å². The molecule has 0 aliphatic carbocycles. The second-order valence-corrected chi connectivity index (χ2v) is 9.86. The maximum absolute atomic E-state index is 13.9. The Morgan fingerprint density at radius 3 is 2.69 bits per heavy atom. The Labute approximate surface area is 228 Å². The number of benzene rings is 1. The van der Waals surface area contributed by atoms with Crippen molar-refractivity contribution in [2.45, 2.75) is 33.4 Å². The van der Waals surface area contributed by atoms with Crippen LogP contribution in [0.3, 0.4) is 0 Å². The van der Waals surface area contributed by atoms with Gasteiger partial charge in [-0.1, -0.05) is 17.7 Å². The van der Waals surface area contributed by atoms with Gasteiger partial charge in [-0.05, 0) is 62.2 Å². The quantitative estimate of drug-likeness (QED) is 0.294. The maximum atomic E-state index is 13.9. The van der Waals surface area contributed by atoms with Crippen LogP contribution in [0.5, 0.6) is 0 Å². The first kappa shape index (κ1) is 24.7. The molecule has 6 aromatic rings. The van der Waals surface area contributed by atoms with Gasteiger partial charge in [-0.3, -0.25) is 19.0 Å². The third-order valence-electron chi connectivity index (χ3n) is 6.78. The molecule has 0 radical (unpaired) electrons. The van der Waals surface area contributed by atoms with Crippen LogP contribution in [0.15, 0.2) is 66.1 Å². The zero-order valence-electron chi connectivity index (χ0n) is 21.9. The second kappa shape index (κ2) is 9.63. The van der Waals surface area contributed by atoms with E-state index in [2.05, 4.69) is 38.4 Å². The molecule has 1 atom stereocenters. The van der Waals surface area contributed by atoms with E-state index >= 15 is 0 Å². The molecule has 0 fully saturated rings. The summed E-state index contributed by atoms with van der Waals surface area (Å²) in [5.74, 6) is 0.467. The average molecular weight is 540 g/mol. The van der Waals surface area contributed by atoms with Crippen molar-refractivity contribution >= 4 is 39.1 Å². The topological polar surface area (TPSA) is 108 Å². The Bertz CT molecular complexity index is 1910. The van der Waals surface area contributed by atoms with Crippen molar-refractivity contribution in [2.24, 2.45) is 7.05 Å². The van der Waals surface area contributed by atoms with Crippen molar-refractivity contribution in [1.29, 1.82) is 0 Å². The first-order valence-corrected chi connectivity index (χ1v) is 13.0. The SMILES string of the molecule is CCn1c(=O)c2cc(C)cc(C(C)Nc3ccc(Cl)nc3-c3ncn(C)n3)c2c2cnn(-c3cccnc3)c21. The molecule has 1 N–H and O–H groups in total. The van der Waals surface area contributed by atoms with Crippen LogP contribution in [0.2, 0.25) is 5.15 Å². The minimum absolute atomic E-state index is 0.0608. The lowest BCUT2D eigenvalue weighted by molar-refractivity contribution is 0.731. The number of hydrogen-bond donors (Lipinski definition) is 1. The Kier molecular flexibility index (Phi) is 6.11. The van der Waals surface area contributed by atoms with E-state index in [4.69, 9.17) is 16.7 Å². The van der Waals surface area contributed by atoms with Gasteiger partial charge in [0.1, 0.15) is 22.8 Å². The molecule has 11 heteroatoms. The number of halogens is 1. The zero-order chi connectivity index (χ0) is 27.3. The van der Waals surface area contributed by atoms with E-state index in [1.807, 2.05) is 44.3 Å². The molecule has 0 saturated carbocycles. The Balaban J connectivity index is 1.56. The van der Waals surface area contributed by atoms with Gasteiger partial charge in [0.05, 0.1) is 23.8 Å². The van der Waals surface area contributed by atoms with E-state index in [-0.39, 0.29) is 11.6 Å². The fourth-order valence-electron chi connectivity index (χ4n) is 5.09. The van der Waals surface area contributed by atoms with Crippen molar-refractivity contribution in [3.63, 3.8) is 0 Å². The molecule has 5 aromatic heterocycles. The van der Waals surface area contributed by atoms with E-state index in [1.54, 1.807) is 45.8 Å². The number of anilines is 1. The van der Waals surface area contributed by atoms with Crippen molar-refractivity contribution in [1.82, 2.24) is 39.1 Å². The van der Waals surface area contributed by atoms with Gasteiger partial charge >= 0.3 is 0 Å². The summed E-state index contributed by atoms with van der Waals surface area (Å²) in [6.45, 7) is 6.53. The zero-order valence-corrected chi connectivity index (χ0v) is 22.7. The van der Waals surface area contributed by atoms with Crippen LogP contribution in [-0.4, -0.2) is 39.1 Å². The van der Waals surface area contributed by atoms with Gasteiger partial charge in [0.25, 0.3) is 5.56 Å². The maximum Gasteiger partial charge on any atom is 0.260 e. The number of aryl methyl sites for hydroxylation is 3. The Hall–Kier alpha value is -4.57. The standard InChI is InChI=1S/C28H26ClN9O/c1-5-37-27-21(14-32-38(27)18-7-6-10-30-13-18)24-19(11-16(2)12-20(24)28(37)39)17(3)33-22-8-9-23(29)34-25(22)26-31-15-36(4)35-26/h6-15,17,33H,5H2,1-4H3. The van der Waals surface area contributed by atoms with Crippen molar-refractivity contribution in [3.05, 3.63) is 87.9 Å². The molecule has 10 nitrogen and oxygen atoms in total. The lowest BCUT2D eigenvalue weighted by Gasteiger charge is -2.21. The molecule has 39 heavy (non-hydrogen) atoms. The molecule has 0 aliphatic heterocycles. The monoisotopic (exact) mass is 539 g/mol. The number of fused-ring (bicyclic) bond motifs is 3. The molecule has 5 heterocycles. The van der Waals surface area contributed by atoms with Crippen LogP contribution in [0.1, 0.15) is 31.0 Å². The van der Waals surface area contributed by atoms with Crippen LogP contribution in [0.4, 0.5) is 5.69 Å². The number of rotatable bonds is 6.